The second-order valence-electron chi connectivity index (χ2n) is 5.04. The Balaban J connectivity index is 2.04. The molecule has 0 fully saturated rings. The van der Waals surface area contributed by atoms with Crippen molar-refractivity contribution in [3.05, 3.63) is 71.6 Å². The molecule has 0 aliphatic heterocycles. The zero-order chi connectivity index (χ0) is 17.6. The molecule has 0 unspecified atom stereocenters. The van der Waals surface area contributed by atoms with E-state index in [1.165, 1.54) is 42.5 Å². The highest BCUT2D eigenvalue weighted by Gasteiger charge is 2.15. The molecule has 0 aromatic heterocycles. The highest BCUT2D eigenvalue weighted by atomic mass is 32.2. The van der Waals surface area contributed by atoms with E-state index in [4.69, 9.17) is 5.73 Å². The fraction of sp³-hybridized carbons (Fsp3) is 0.118. The van der Waals surface area contributed by atoms with Gasteiger partial charge in [-0.05, 0) is 54.4 Å². The van der Waals surface area contributed by atoms with E-state index in [0.29, 0.717) is 18.5 Å². The van der Waals surface area contributed by atoms with Crippen molar-refractivity contribution >= 4 is 22.0 Å². The first kappa shape index (κ1) is 17.8. The molecule has 0 radical (unpaired) electrons. The van der Waals surface area contributed by atoms with Crippen LogP contribution in [0.5, 0.6) is 0 Å². The van der Waals surface area contributed by atoms with Gasteiger partial charge in [-0.25, -0.2) is 17.5 Å². The number of nitrogens with two attached hydrogens (primary N) is 1. The highest BCUT2D eigenvalue weighted by Crippen LogP contribution is 2.11. The fourth-order valence-corrected chi connectivity index (χ4v) is 2.92. The first-order chi connectivity index (χ1) is 11.4. The number of benzene rings is 2. The second-order valence-corrected chi connectivity index (χ2v) is 6.72. The summed E-state index contributed by atoms with van der Waals surface area (Å²) >= 11 is 0. The third-order valence-corrected chi connectivity index (χ3v) is 4.56. The van der Waals surface area contributed by atoms with Crippen LogP contribution in [0.2, 0.25) is 0 Å². The number of rotatable bonds is 6. The summed E-state index contributed by atoms with van der Waals surface area (Å²) in [5, 5.41) is 0. The van der Waals surface area contributed by atoms with Gasteiger partial charge in [0.25, 0.3) is 15.9 Å². The fourth-order valence-electron chi connectivity index (χ4n) is 1.97. The molecular weight excluding hydrogens is 331 g/mol. The number of amides is 1. The molecule has 2 rings (SSSR count). The van der Waals surface area contributed by atoms with E-state index in [1.54, 1.807) is 12.1 Å². The summed E-state index contributed by atoms with van der Waals surface area (Å²) in [6.45, 7) is 0.469. The summed E-state index contributed by atoms with van der Waals surface area (Å²) in [6.07, 6.45) is 3.12. The number of carbonyl (C=O) groups excluding carboxylic acids is 1. The first-order valence-corrected chi connectivity index (χ1v) is 8.68. The van der Waals surface area contributed by atoms with E-state index in [1.807, 2.05) is 4.72 Å². The van der Waals surface area contributed by atoms with E-state index in [9.17, 15) is 17.6 Å². The van der Waals surface area contributed by atoms with Crippen LogP contribution in [0.15, 0.2) is 59.5 Å². The summed E-state index contributed by atoms with van der Waals surface area (Å²) in [5.74, 6) is -1.18. The zero-order valence-electron chi connectivity index (χ0n) is 12.8. The van der Waals surface area contributed by atoms with Gasteiger partial charge in [0.1, 0.15) is 5.82 Å². The van der Waals surface area contributed by atoms with E-state index < -0.39 is 21.7 Å². The standard InChI is InChI=1S/C17H17FN2O3S/c18-15-6-1-13(2-7-15)5-10-17(21)20-24(22,23)16-8-3-14(4-9-16)11-12-19/h1-10H,11-12,19H2,(H,20,21)/b10-5+. The number of hydrogen-bond donors (Lipinski definition) is 2. The van der Waals surface area contributed by atoms with Crippen molar-refractivity contribution in [2.24, 2.45) is 5.73 Å². The predicted molar refractivity (Wildman–Crippen MR) is 90.0 cm³/mol. The lowest BCUT2D eigenvalue weighted by Gasteiger charge is -2.06. The number of carbonyl (C=O) groups is 1. The van der Waals surface area contributed by atoms with Gasteiger partial charge in [0.2, 0.25) is 0 Å². The molecule has 0 bridgehead atoms. The van der Waals surface area contributed by atoms with Crippen LogP contribution in [0.3, 0.4) is 0 Å². The molecule has 1 amide bonds. The van der Waals surface area contributed by atoms with Crippen LogP contribution < -0.4 is 10.5 Å². The Labute approximate surface area is 140 Å². The average Bonchev–Trinajstić information content (AvgIpc) is 2.55. The van der Waals surface area contributed by atoms with Crippen LogP contribution in [-0.4, -0.2) is 20.9 Å². The van der Waals surface area contributed by atoms with Crippen molar-refractivity contribution in [1.82, 2.24) is 4.72 Å². The smallest absolute Gasteiger partial charge is 0.264 e. The van der Waals surface area contributed by atoms with Crippen molar-refractivity contribution in [1.29, 1.82) is 0 Å². The second kappa shape index (κ2) is 7.85. The Kier molecular flexibility index (Phi) is 5.83. The van der Waals surface area contributed by atoms with Gasteiger partial charge in [0.05, 0.1) is 4.90 Å². The number of sulfonamides is 1. The lowest BCUT2D eigenvalue weighted by molar-refractivity contribution is -0.114. The maximum absolute atomic E-state index is 12.8. The summed E-state index contributed by atoms with van der Waals surface area (Å²) in [4.78, 5) is 11.8. The van der Waals surface area contributed by atoms with Gasteiger partial charge in [-0.3, -0.25) is 4.79 Å². The predicted octanol–water partition coefficient (Wildman–Crippen LogP) is 1.85. The van der Waals surface area contributed by atoms with Crippen LogP contribution in [0, 0.1) is 5.82 Å². The zero-order valence-corrected chi connectivity index (χ0v) is 13.6. The molecule has 0 spiro atoms. The van der Waals surface area contributed by atoms with Gasteiger partial charge < -0.3 is 5.73 Å². The normalized spacial score (nSPS) is 11.6. The maximum atomic E-state index is 12.8. The third-order valence-electron chi connectivity index (χ3n) is 3.20. The molecule has 0 saturated carbocycles. The quantitative estimate of drug-likeness (QED) is 0.780. The van der Waals surface area contributed by atoms with E-state index in [0.717, 1.165) is 11.6 Å². The van der Waals surface area contributed by atoms with Crippen molar-refractivity contribution in [3.63, 3.8) is 0 Å². The Bertz CT molecular complexity index is 829. The maximum Gasteiger partial charge on any atom is 0.264 e. The molecular formula is C17H17FN2O3S. The lowest BCUT2D eigenvalue weighted by atomic mass is 10.2. The van der Waals surface area contributed by atoms with Crippen LogP contribution in [0.1, 0.15) is 11.1 Å². The summed E-state index contributed by atoms with van der Waals surface area (Å²) in [7, 11) is -3.94. The van der Waals surface area contributed by atoms with Crippen LogP contribution in [0.4, 0.5) is 4.39 Å². The minimum absolute atomic E-state index is 0.00759. The van der Waals surface area contributed by atoms with Crippen molar-refractivity contribution in [2.75, 3.05) is 6.54 Å². The Hall–Kier alpha value is -2.51. The topological polar surface area (TPSA) is 89.3 Å². The molecule has 0 aliphatic rings. The number of hydrogen-bond acceptors (Lipinski definition) is 4. The molecule has 3 N–H and O–H groups in total. The summed E-state index contributed by atoms with van der Waals surface area (Å²) in [5.41, 5.74) is 6.93. The molecule has 2 aromatic rings. The van der Waals surface area contributed by atoms with Gasteiger partial charge in [0.15, 0.2) is 0 Å². The Morgan fingerprint density at radius 1 is 1.08 bits per heavy atom. The molecule has 0 heterocycles. The molecule has 0 atom stereocenters. The van der Waals surface area contributed by atoms with Crippen LogP contribution in [-0.2, 0) is 21.2 Å². The Morgan fingerprint density at radius 3 is 2.29 bits per heavy atom. The molecule has 7 heteroatoms. The van der Waals surface area contributed by atoms with Gasteiger partial charge in [-0.2, -0.15) is 0 Å². The van der Waals surface area contributed by atoms with Gasteiger partial charge in [0, 0.05) is 6.08 Å². The van der Waals surface area contributed by atoms with Crippen LogP contribution >= 0.6 is 0 Å². The summed E-state index contributed by atoms with van der Waals surface area (Å²) < 4.78 is 39.0. The molecule has 0 saturated heterocycles. The lowest BCUT2D eigenvalue weighted by Crippen LogP contribution is -2.28. The number of halogens is 1. The Morgan fingerprint density at radius 2 is 1.71 bits per heavy atom. The highest BCUT2D eigenvalue weighted by molar-refractivity contribution is 7.90. The minimum Gasteiger partial charge on any atom is -0.330 e. The van der Waals surface area contributed by atoms with Crippen LogP contribution in [0.25, 0.3) is 6.08 Å². The van der Waals surface area contributed by atoms with Gasteiger partial charge >= 0.3 is 0 Å². The van der Waals surface area contributed by atoms with Gasteiger partial charge in [-0.15, -0.1) is 0 Å². The molecule has 126 valence electrons. The third kappa shape index (κ3) is 5.00. The van der Waals surface area contributed by atoms with E-state index >= 15 is 0 Å². The minimum atomic E-state index is -3.94. The van der Waals surface area contributed by atoms with Crippen molar-refractivity contribution < 1.29 is 17.6 Å². The van der Waals surface area contributed by atoms with Gasteiger partial charge in [-0.1, -0.05) is 24.3 Å². The molecule has 2 aromatic carbocycles. The van der Waals surface area contributed by atoms with Crippen molar-refractivity contribution in [2.45, 2.75) is 11.3 Å². The molecule has 24 heavy (non-hydrogen) atoms. The monoisotopic (exact) mass is 348 g/mol. The van der Waals surface area contributed by atoms with Crippen molar-refractivity contribution in [3.8, 4) is 0 Å². The van der Waals surface area contributed by atoms with E-state index in [-0.39, 0.29) is 4.90 Å². The molecule has 0 aliphatic carbocycles. The first-order valence-electron chi connectivity index (χ1n) is 7.20. The number of nitrogens with one attached hydrogen (secondary N) is 1. The summed E-state index contributed by atoms with van der Waals surface area (Å²) in [6, 6.07) is 11.6. The SMILES string of the molecule is NCCc1ccc(S(=O)(=O)NC(=O)/C=C/c2ccc(F)cc2)cc1. The molecule has 5 nitrogen and oxygen atoms in total. The largest absolute Gasteiger partial charge is 0.330 e. The average molecular weight is 348 g/mol. The van der Waals surface area contributed by atoms with E-state index in [2.05, 4.69) is 0 Å².